The van der Waals surface area contributed by atoms with Crippen molar-refractivity contribution in [3.8, 4) is 0 Å². The molecule has 2 aromatic rings. The van der Waals surface area contributed by atoms with Crippen molar-refractivity contribution in [1.82, 2.24) is 15.6 Å². The molecule has 2 amide bonds. The third-order valence-electron chi connectivity index (χ3n) is 3.65. The molecular formula is C19H27N3O2S. The van der Waals surface area contributed by atoms with Crippen molar-refractivity contribution in [1.29, 1.82) is 0 Å². The molecule has 2 rings (SSSR count). The molecule has 5 nitrogen and oxygen atoms in total. The van der Waals surface area contributed by atoms with Crippen LogP contribution in [0.25, 0.3) is 10.2 Å². The van der Waals surface area contributed by atoms with Gasteiger partial charge in [0.2, 0.25) is 11.8 Å². The Hall–Kier alpha value is -1.95. The van der Waals surface area contributed by atoms with E-state index in [-0.39, 0.29) is 17.4 Å². The van der Waals surface area contributed by atoms with Gasteiger partial charge in [-0.2, -0.15) is 0 Å². The summed E-state index contributed by atoms with van der Waals surface area (Å²) in [5.74, 6) is -0.240. The number of benzene rings is 1. The lowest BCUT2D eigenvalue weighted by atomic mass is 10.1. The first kappa shape index (κ1) is 19.4. The number of aromatic nitrogens is 1. The van der Waals surface area contributed by atoms with E-state index in [1.807, 2.05) is 39.0 Å². The Morgan fingerprint density at radius 3 is 2.60 bits per heavy atom. The molecule has 0 spiro atoms. The summed E-state index contributed by atoms with van der Waals surface area (Å²) in [6, 6.07) is 7.59. The van der Waals surface area contributed by atoms with Crippen molar-refractivity contribution in [3.63, 3.8) is 0 Å². The minimum Gasteiger partial charge on any atom is -0.350 e. The summed E-state index contributed by atoms with van der Waals surface area (Å²) < 4.78 is 1.20. The highest BCUT2D eigenvalue weighted by Gasteiger charge is 2.20. The van der Waals surface area contributed by atoms with Gasteiger partial charge in [-0.3, -0.25) is 9.59 Å². The highest BCUT2D eigenvalue weighted by Crippen LogP contribution is 2.22. The fourth-order valence-corrected chi connectivity index (χ4v) is 3.45. The minimum atomic E-state index is -0.518. The molecule has 0 aliphatic rings. The third kappa shape index (κ3) is 6.46. The number of para-hydroxylation sites is 1. The lowest BCUT2D eigenvalue weighted by molar-refractivity contribution is -0.129. The van der Waals surface area contributed by atoms with E-state index in [2.05, 4.69) is 21.7 Å². The van der Waals surface area contributed by atoms with Crippen LogP contribution in [0.5, 0.6) is 0 Å². The molecule has 0 radical (unpaired) electrons. The monoisotopic (exact) mass is 361 g/mol. The summed E-state index contributed by atoms with van der Waals surface area (Å²) >= 11 is 1.71. The van der Waals surface area contributed by atoms with E-state index in [0.29, 0.717) is 6.42 Å². The Kier molecular flexibility index (Phi) is 6.53. The fourth-order valence-electron chi connectivity index (χ4n) is 2.45. The number of hydrogen-bond donors (Lipinski definition) is 2. The highest BCUT2D eigenvalue weighted by molar-refractivity contribution is 7.18. The highest BCUT2D eigenvalue weighted by atomic mass is 32.1. The lowest BCUT2D eigenvalue weighted by Gasteiger charge is -2.23. The summed E-state index contributed by atoms with van der Waals surface area (Å²) in [7, 11) is 0. The zero-order valence-corrected chi connectivity index (χ0v) is 16.2. The lowest BCUT2D eigenvalue weighted by Crippen LogP contribution is -2.50. The first-order valence-corrected chi connectivity index (χ1v) is 9.52. The van der Waals surface area contributed by atoms with Gasteiger partial charge in [-0.15, -0.1) is 11.3 Å². The van der Waals surface area contributed by atoms with Crippen LogP contribution in [0.2, 0.25) is 0 Å². The maximum absolute atomic E-state index is 12.0. The molecule has 25 heavy (non-hydrogen) atoms. The molecule has 0 fully saturated rings. The Balaban J connectivity index is 1.69. The SMILES string of the molecule is CC(NC(=O)CCCCc1nc2ccccc2s1)C(=O)NC(C)(C)C. The van der Waals surface area contributed by atoms with Crippen LogP contribution >= 0.6 is 11.3 Å². The molecule has 0 aliphatic heterocycles. The van der Waals surface area contributed by atoms with Gasteiger partial charge in [0.05, 0.1) is 15.2 Å². The van der Waals surface area contributed by atoms with Gasteiger partial charge in [0.15, 0.2) is 0 Å². The molecule has 1 atom stereocenters. The molecule has 136 valence electrons. The predicted molar refractivity (Wildman–Crippen MR) is 103 cm³/mol. The van der Waals surface area contributed by atoms with Crippen LogP contribution in [-0.2, 0) is 16.0 Å². The van der Waals surface area contributed by atoms with Crippen LogP contribution in [0.1, 0.15) is 52.0 Å². The van der Waals surface area contributed by atoms with Gasteiger partial charge >= 0.3 is 0 Å². The Morgan fingerprint density at radius 2 is 1.92 bits per heavy atom. The normalized spacial score (nSPS) is 12.8. The first-order chi connectivity index (χ1) is 11.7. The fraction of sp³-hybridized carbons (Fsp3) is 0.526. The van der Waals surface area contributed by atoms with Crippen LogP contribution in [-0.4, -0.2) is 28.4 Å². The third-order valence-corrected chi connectivity index (χ3v) is 4.75. The van der Waals surface area contributed by atoms with Gasteiger partial charge in [0.1, 0.15) is 6.04 Å². The van der Waals surface area contributed by atoms with E-state index in [0.717, 1.165) is 29.8 Å². The first-order valence-electron chi connectivity index (χ1n) is 8.70. The molecule has 1 aromatic carbocycles. The second-order valence-corrected chi connectivity index (χ2v) is 8.43. The van der Waals surface area contributed by atoms with E-state index in [1.54, 1.807) is 18.3 Å². The quantitative estimate of drug-likeness (QED) is 0.742. The number of thiazole rings is 1. The number of fused-ring (bicyclic) bond motifs is 1. The predicted octanol–water partition coefficient (Wildman–Crippen LogP) is 3.43. The number of nitrogens with zero attached hydrogens (tertiary/aromatic N) is 1. The Bertz CT molecular complexity index is 701. The average molecular weight is 362 g/mol. The Morgan fingerprint density at radius 1 is 1.20 bits per heavy atom. The van der Waals surface area contributed by atoms with Crippen LogP contribution in [0, 0.1) is 0 Å². The molecule has 6 heteroatoms. The standard InChI is InChI=1S/C19H27N3O2S/c1-13(18(24)22-19(2,3)4)20-16(23)11-7-8-12-17-21-14-9-5-6-10-15(14)25-17/h5-6,9-10,13H,7-8,11-12H2,1-4H3,(H,20,23)(H,22,24). The number of carbonyl (C=O) groups excluding carboxylic acids is 2. The maximum Gasteiger partial charge on any atom is 0.242 e. The van der Waals surface area contributed by atoms with E-state index in [4.69, 9.17) is 0 Å². The van der Waals surface area contributed by atoms with Crippen LogP contribution in [0.4, 0.5) is 0 Å². The number of carbonyl (C=O) groups is 2. The molecule has 0 saturated carbocycles. The van der Waals surface area contributed by atoms with Crippen molar-refractivity contribution in [2.75, 3.05) is 0 Å². The largest absolute Gasteiger partial charge is 0.350 e. The van der Waals surface area contributed by atoms with Crippen LogP contribution in [0.15, 0.2) is 24.3 Å². The second kappa shape index (κ2) is 8.43. The molecule has 0 aliphatic carbocycles. The summed E-state index contributed by atoms with van der Waals surface area (Å²) in [5.41, 5.74) is 0.742. The van der Waals surface area contributed by atoms with Crippen molar-refractivity contribution in [2.45, 2.75) is 65.0 Å². The molecule has 0 saturated heterocycles. The topological polar surface area (TPSA) is 71.1 Å². The van der Waals surface area contributed by atoms with E-state index < -0.39 is 6.04 Å². The molecule has 2 N–H and O–H groups in total. The molecule has 1 unspecified atom stereocenters. The Labute approximate surface area is 153 Å². The smallest absolute Gasteiger partial charge is 0.242 e. The number of aryl methyl sites for hydroxylation is 1. The minimum absolute atomic E-state index is 0.0825. The van der Waals surface area contributed by atoms with Gasteiger partial charge in [-0.25, -0.2) is 4.98 Å². The maximum atomic E-state index is 12.0. The van der Waals surface area contributed by atoms with Gasteiger partial charge in [0.25, 0.3) is 0 Å². The molecular weight excluding hydrogens is 334 g/mol. The number of amides is 2. The number of unbranched alkanes of at least 4 members (excludes halogenated alkanes) is 1. The molecule has 1 aromatic heterocycles. The summed E-state index contributed by atoms with van der Waals surface area (Å²) in [4.78, 5) is 28.5. The number of nitrogens with one attached hydrogen (secondary N) is 2. The summed E-state index contributed by atoms with van der Waals surface area (Å²) in [6.07, 6.45) is 3.01. The van der Waals surface area contributed by atoms with Gasteiger partial charge in [0, 0.05) is 12.0 Å². The van der Waals surface area contributed by atoms with Gasteiger partial charge < -0.3 is 10.6 Å². The van der Waals surface area contributed by atoms with Crippen molar-refractivity contribution in [3.05, 3.63) is 29.3 Å². The molecule has 0 bridgehead atoms. The van der Waals surface area contributed by atoms with Gasteiger partial charge in [-0.05, 0) is 59.1 Å². The second-order valence-electron chi connectivity index (χ2n) is 7.31. The summed E-state index contributed by atoms with van der Waals surface area (Å²) in [5, 5.41) is 6.73. The van der Waals surface area contributed by atoms with Crippen LogP contribution < -0.4 is 10.6 Å². The van der Waals surface area contributed by atoms with Crippen molar-refractivity contribution in [2.24, 2.45) is 0 Å². The van der Waals surface area contributed by atoms with Crippen molar-refractivity contribution < 1.29 is 9.59 Å². The number of hydrogen-bond acceptors (Lipinski definition) is 4. The molecule has 1 heterocycles. The summed E-state index contributed by atoms with van der Waals surface area (Å²) in [6.45, 7) is 7.46. The zero-order chi connectivity index (χ0) is 18.4. The average Bonchev–Trinajstić information content (AvgIpc) is 2.92. The number of rotatable bonds is 7. The van der Waals surface area contributed by atoms with Crippen LogP contribution in [0.3, 0.4) is 0 Å². The zero-order valence-electron chi connectivity index (χ0n) is 15.4. The van der Waals surface area contributed by atoms with Crippen molar-refractivity contribution >= 4 is 33.4 Å². The van der Waals surface area contributed by atoms with E-state index in [1.165, 1.54) is 4.70 Å². The van der Waals surface area contributed by atoms with E-state index in [9.17, 15) is 9.59 Å². The van der Waals surface area contributed by atoms with E-state index >= 15 is 0 Å². The van der Waals surface area contributed by atoms with Gasteiger partial charge in [-0.1, -0.05) is 12.1 Å².